The predicted octanol–water partition coefficient (Wildman–Crippen LogP) is 3.05. The minimum absolute atomic E-state index is 0.0483. The van der Waals surface area contributed by atoms with Gasteiger partial charge < -0.3 is 19.7 Å². The molecule has 7 nitrogen and oxygen atoms in total. The Hall–Kier alpha value is -2.83. The summed E-state index contributed by atoms with van der Waals surface area (Å²) in [7, 11) is 3.25. The van der Waals surface area contributed by atoms with Gasteiger partial charge in [0.05, 0.1) is 19.8 Å². The second-order valence-corrected chi connectivity index (χ2v) is 7.37. The molecule has 2 aromatic rings. The SMILES string of the molecule is COc1cc2c(cc1OC)CN(C(=O)c1cnc(NC3CCCC3)nc1)CC2. The van der Waals surface area contributed by atoms with Crippen LogP contribution in [0, 0.1) is 0 Å². The molecule has 1 fully saturated rings. The first-order valence-electron chi connectivity index (χ1n) is 9.79. The topological polar surface area (TPSA) is 76.6 Å². The molecule has 1 aromatic carbocycles. The van der Waals surface area contributed by atoms with Crippen molar-refractivity contribution in [1.82, 2.24) is 14.9 Å². The minimum atomic E-state index is -0.0483. The van der Waals surface area contributed by atoms with Gasteiger partial charge in [-0.15, -0.1) is 0 Å². The Balaban J connectivity index is 1.45. The van der Waals surface area contributed by atoms with E-state index in [0.29, 0.717) is 36.4 Å². The van der Waals surface area contributed by atoms with E-state index in [0.717, 1.165) is 30.6 Å². The summed E-state index contributed by atoms with van der Waals surface area (Å²) in [6, 6.07) is 4.41. The molecule has 4 rings (SSSR count). The molecule has 1 amide bonds. The summed E-state index contributed by atoms with van der Waals surface area (Å²) in [5, 5.41) is 3.35. The van der Waals surface area contributed by atoms with Crippen molar-refractivity contribution in [3.63, 3.8) is 0 Å². The lowest BCUT2D eigenvalue weighted by Gasteiger charge is -2.29. The summed E-state index contributed by atoms with van der Waals surface area (Å²) in [5.74, 6) is 1.96. The van der Waals surface area contributed by atoms with Crippen LogP contribution in [0.2, 0.25) is 0 Å². The molecule has 1 aromatic heterocycles. The highest BCUT2D eigenvalue weighted by Gasteiger charge is 2.24. The van der Waals surface area contributed by atoms with Gasteiger partial charge in [-0.1, -0.05) is 12.8 Å². The van der Waals surface area contributed by atoms with E-state index >= 15 is 0 Å². The molecule has 0 bridgehead atoms. The molecule has 0 saturated heterocycles. The maximum absolute atomic E-state index is 12.9. The van der Waals surface area contributed by atoms with E-state index in [4.69, 9.17) is 9.47 Å². The molecule has 0 unspecified atom stereocenters. The Kier molecular flexibility index (Phi) is 5.32. The molecule has 7 heteroatoms. The van der Waals surface area contributed by atoms with E-state index < -0.39 is 0 Å². The molecular weight excluding hydrogens is 356 g/mol. The number of nitrogens with one attached hydrogen (secondary N) is 1. The molecule has 2 heterocycles. The Labute approximate surface area is 165 Å². The van der Waals surface area contributed by atoms with Gasteiger partial charge in [0.2, 0.25) is 5.95 Å². The van der Waals surface area contributed by atoms with Crippen LogP contribution in [0.4, 0.5) is 5.95 Å². The number of aromatic nitrogens is 2. The number of fused-ring (bicyclic) bond motifs is 1. The fourth-order valence-corrected chi connectivity index (χ4v) is 4.00. The molecule has 0 spiro atoms. The van der Waals surface area contributed by atoms with Gasteiger partial charge in [-0.3, -0.25) is 4.79 Å². The molecular formula is C21H26N4O3. The molecule has 1 saturated carbocycles. The average Bonchev–Trinajstić information content (AvgIpc) is 3.25. The number of rotatable bonds is 5. The average molecular weight is 382 g/mol. The number of carbonyl (C=O) groups excluding carboxylic acids is 1. The van der Waals surface area contributed by atoms with Gasteiger partial charge in [0, 0.05) is 31.5 Å². The summed E-state index contributed by atoms with van der Waals surface area (Å²) in [6.45, 7) is 1.19. The number of ether oxygens (including phenoxy) is 2. The fraction of sp³-hybridized carbons (Fsp3) is 0.476. The third-order valence-electron chi connectivity index (χ3n) is 5.59. The third-order valence-corrected chi connectivity index (χ3v) is 5.59. The van der Waals surface area contributed by atoms with Gasteiger partial charge in [0.15, 0.2) is 11.5 Å². The van der Waals surface area contributed by atoms with Crippen LogP contribution in [0.25, 0.3) is 0 Å². The van der Waals surface area contributed by atoms with Crippen molar-refractivity contribution in [1.29, 1.82) is 0 Å². The van der Waals surface area contributed by atoms with Crippen molar-refractivity contribution in [3.8, 4) is 11.5 Å². The van der Waals surface area contributed by atoms with E-state index in [-0.39, 0.29) is 5.91 Å². The standard InChI is InChI=1S/C21H26N4O3/c1-27-18-9-14-7-8-25(13-15(14)10-19(18)28-2)20(26)16-11-22-21(23-12-16)24-17-5-3-4-6-17/h9-12,17H,3-8,13H2,1-2H3,(H,22,23,24). The van der Waals surface area contributed by atoms with Crippen LogP contribution in [-0.2, 0) is 13.0 Å². The van der Waals surface area contributed by atoms with Crippen molar-refractivity contribution in [2.24, 2.45) is 0 Å². The Bertz CT molecular complexity index is 847. The van der Waals surface area contributed by atoms with Crippen LogP contribution in [-0.4, -0.2) is 47.6 Å². The van der Waals surface area contributed by atoms with Crippen LogP contribution in [0.3, 0.4) is 0 Å². The Morgan fingerprint density at radius 2 is 1.71 bits per heavy atom. The van der Waals surface area contributed by atoms with Crippen LogP contribution in [0.5, 0.6) is 11.5 Å². The van der Waals surface area contributed by atoms with Gasteiger partial charge in [0.1, 0.15) is 0 Å². The molecule has 1 aliphatic carbocycles. The number of nitrogens with zero attached hydrogens (tertiary/aromatic N) is 3. The zero-order valence-electron chi connectivity index (χ0n) is 16.4. The van der Waals surface area contributed by atoms with Crippen LogP contribution in [0.15, 0.2) is 24.5 Å². The summed E-state index contributed by atoms with van der Waals surface area (Å²) in [4.78, 5) is 23.4. The van der Waals surface area contributed by atoms with Crippen LogP contribution < -0.4 is 14.8 Å². The fourth-order valence-electron chi connectivity index (χ4n) is 4.00. The second-order valence-electron chi connectivity index (χ2n) is 7.37. The van der Waals surface area contributed by atoms with Gasteiger partial charge in [0.25, 0.3) is 5.91 Å². The molecule has 1 aliphatic heterocycles. The largest absolute Gasteiger partial charge is 0.493 e. The highest BCUT2D eigenvalue weighted by molar-refractivity contribution is 5.93. The Morgan fingerprint density at radius 1 is 1.07 bits per heavy atom. The van der Waals surface area contributed by atoms with Crippen LogP contribution >= 0.6 is 0 Å². The van der Waals surface area contributed by atoms with Crippen molar-refractivity contribution in [3.05, 3.63) is 41.2 Å². The van der Waals surface area contributed by atoms with E-state index in [1.807, 2.05) is 17.0 Å². The number of hydrogen-bond donors (Lipinski definition) is 1. The number of methoxy groups -OCH3 is 2. The van der Waals surface area contributed by atoms with Crippen molar-refractivity contribution in [2.45, 2.75) is 44.7 Å². The molecule has 1 N–H and O–H groups in total. The highest BCUT2D eigenvalue weighted by atomic mass is 16.5. The summed E-state index contributed by atoms with van der Waals surface area (Å²) in [5.41, 5.74) is 2.78. The monoisotopic (exact) mass is 382 g/mol. The van der Waals surface area contributed by atoms with Gasteiger partial charge in [-0.25, -0.2) is 9.97 Å². The molecule has 0 atom stereocenters. The van der Waals surface area contributed by atoms with Crippen molar-refractivity contribution < 1.29 is 14.3 Å². The van der Waals surface area contributed by atoms with Crippen molar-refractivity contribution in [2.75, 3.05) is 26.1 Å². The maximum atomic E-state index is 12.9. The normalized spacial score (nSPS) is 16.6. The Morgan fingerprint density at radius 3 is 2.36 bits per heavy atom. The molecule has 28 heavy (non-hydrogen) atoms. The van der Waals surface area contributed by atoms with Crippen molar-refractivity contribution >= 4 is 11.9 Å². The zero-order valence-corrected chi connectivity index (χ0v) is 16.4. The number of benzene rings is 1. The lowest BCUT2D eigenvalue weighted by Crippen LogP contribution is -2.36. The van der Waals surface area contributed by atoms with Gasteiger partial charge >= 0.3 is 0 Å². The second kappa shape index (κ2) is 8.04. The first kappa shape index (κ1) is 18.5. The molecule has 148 valence electrons. The number of amides is 1. The minimum Gasteiger partial charge on any atom is -0.493 e. The van der Waals surface area contributed by atoms with E-state index in [1.54, 1.807) is 26.6 Å². The van der Waals surface area contributed by atoms with Crippen LogP contribution in [0.1, 0.15) is 47.2 Å². The van der Waals surface area contributed by atoms with Gasteiger partial charge in [-0.2, -0.15) is 0 Å². The van der Waals surface area contributed by atoms with Gasteiger partial charge in [-0.05, 0) is 42.5 Å². The molecule has 2 aliphatic rings. The lowest BCUT2D eigenvalue weighted by atomic mass is 9.98. The maximum Gasteiger partial charge on any atom is 0.257 e. The molecule has 0 radical (unpaired) electrons. The summed E-state index contributed by atoms with van der Waals surface area (Å²) in [6.07, 6.45) is 8.84. The first-order valence-corrected chi connectivity index (χ1v) is 9.79. The first-order chi connectivity index (χ1) is 13.7. The van der Waals surface area contributed by atoms with E-state index in [9.17, 15) is 4.79 Å². The number of hydrogen-bond acceptors (Lipinski definition) is 6. The summed E-state index contributed by atoms with van der Waals surface area (Å²) >= 11 is 0. The smallest absolute Gasteiger partial charge is 0.257 e. The zero-order chi connectivity index (χ0) is 19.5. The predicted molar refractivity (Wildman–Crippen MR) is 106 cm³/mol. The third kappa shape index (κ3) is 3.74. The summed E-state index contributed by atoms with van der Waals surface area (Å²) < 4.78 is 10.8. The number of anilines is 1. The quantitative estimate of drug-likeness (QED) is 0.857. The van der Waals surface area contributed by atoms with E-state index in [1.165, 1.54) is 18.4 Å². The lowest BCUT2D eigenvalue weighted by molar-refractivity contribution is 0.0733. The highest BCUT2D eigenvalue weighted by Crippen LogP contribution is 2.33. The van der Waals surface area contributed by atoms with E-state index in [2.05, 4.69) is 15.3 Å². The number of carbonyl (C=O) groups is 1.